The fourth-order valence-electron chi connectivity index (χ4n) is 2.40. The second-order valence-corrected chi connectivity index (χ2v) is 5.43. The molecule has 18 heavy (non-hydrogen) atoms. The molecule has 1 aromatic carbocycles. The number of nitrogens with one attached hydrogen (secondary N) is 1. The molecule has 0 saturated carbocycles. The first kappa shape index (κ1) is 13.4. The van der Waals surface area contributed by atoms with Crippen LogP contribution in [-0.4, -0.2) is 24.4 Å². The molecule has 0 spiro atoms. The summed E-state index contributed by atoms with van der Waals surface area (Å²) < 4.78 is 5.49. The van der Waals surface area contributed by atoms with E-state index < -0.39 is 0 Å². The summed E-state index contributed by atoms with van der Waals surface area (Å²) in [4.78, 5) is 0. The molecule has 0 saturated heterocycles. The fraction of sp³-hybridized carbons (Fsp3) is 0.600. The molecule has 3 nitrogen and oxygen atoms in total. The third kappa shape index (κ3) is 3.47. The molecule has 1 aliphatic heterocycles. The Morgan fingerprint density at radius 1 is 1.39 bits per heavy atom. The molecule has 1 aromatic rings. The van der Waals surface area contributed by atoms with E-state index in [9.17, 15) is 5.11 Å². The van der Waals surface area contributed by atoms with Gasteiger partial charge in [-0.05, 0) is 29.5 Å². The Balaban J connectivity index is 1.89. The lowest BCUT2D eigenvalue weighted by Gasteiger charge is -2.18. The maximum Gasteiger partial charge on any atom is 0.122 e. The van der Waals surface area contributed by atoms with E-state index >= 15 is 0 Å². The number of benzene rings is 1. The van der Waals surface area contributed by atoms with Crippen molar-refractivity contribution < 1.29 is 9.84 Å². The molecule has 1 unspecified atom stereocenters. The van der Waals surface area contributed by atoms with Crippen LogP contribution in [-0.2, 0) is 13.0 Å². The van der Waals surface area contributed by atoms with Crippen LogP contribution >= 0.6 is 0 Å². The summed E-state index contributed by atoms with van der Waals surface area (Å²) in [6.45, 7) is 6.17. The van der Waals surface area contributed by atoms with E-state index in [-0.39, 0.29) is 12.6 Å². The van der Waals surface area contributed by atoms with E-state index in [2.05, 4.69) is 37.4 Å². The molecule has 0 radical (unpaired) electrons. The van der Waals surface area contributed by atoms with Crippen LogP contribution in [0.25, 0.3) is 0 Å². The van der Waals surface area contributed by atoms with Gasteiger partial charge >= 0.3 is 0 Å². The molecule has 0 fully saturated rings. The summed E-state index contributed by atoms with van der Waals surface area (Å²) in [5.74, 6) is 1.63. The van der Waals surface area contributed by atoms with E-state index in [1.165, 1.54) is 11.1 Å². The number of rotatable bonds is 6. The molecule has 1 aliphatic rings. The number of aliphatic hydroxyl groups is 1. The predicted molar refractivity (Wildman–Crippen MR) is 72.8 cm³/mol. The Morgan fingerprint density at radius 2 is 2.22 bits per heavy atom. The number of aliphatic hydroxyl groups excluding tert-OH is 1. The Bertz CT molecular complexity index is 390. The minimum absolute atomic E-state index is 0.189. The third-order valence-electron chi connectivity index (χ3n) is 3.33. The van der Waals surface area contributed by atoms with Crippen molar-refractivity contribution >= 4 is 0 Å². The van der Waals surface area contributed by atoms with Crippen LogP contribution in [0.3, 0.4) is 0 Å². The highest BCUT2D eigenvalue weighted by atomic mass is 16.5. The molecular formula is C15H23NO2. The molecule has 100 valence electrons. The molecule has 2 rings (SSSR count). The molecule has 2 N–H and O–H groups in total. The van der Waals surface area contributed by atoms with Gasteiger partial charge in [-0.1, -0.05) is 26.0 Å². The van der Waals surface area contributed by atoms with E-state index in [1.807, 2.05) is 0 Å². The van der Waals surface area contributed by atoms with Crippen molar-refractivity contribution in [2.75, 3.05) is 13.2 Å². The van der Waals surface area contributed by atoms with Crippen molar-refractivity contribution in [3.63, 3.8) is 0 Å². The highest BCUT2D eigenvalue weighted by Gasteiger charge is 2.13. The van der Waals surface area contributed by atoms with Crippen LogP contribution in [0.1, 0.15) is 31.4 Å². The Morgan fingerprint density at radius 3 is 2.94 bits per heavy atom. The zero-order chi connectivity index (χ0) is 13.0. The minimum Gasteiger partial charge on any atom is -0.493 e. The van der Waals surface area contributed by atoms with Crippen LogP contribution in [0.5, 0.6) is 5.75 Å². The van der Waals surface area contributed by atoms with Gasteiger partial charge in [0.05, 0.1) is 13.2 Å². The monoisotopic (exact) mass is 249 g/mol. The zero-order valence-electron chi connectivity index (χ0n) is 11.3. The quantitative estimate of drug-likeness (QED) is 0.811. The van der Waals surface area contributed by atoms with Crippen LogP contribution in [0.4, 0.5) is 0 Å². The predicted octanol–water partition coefficient (Wildman–Crippen LogP) is 2.12. The second-order valence-electron chi connectivity index (χ2n) is 5.43. The highest BCUT2D eigenvalue weighted by molar-refractivity contribution is 5.39. The standard InChI is InChI=1S/C15H23NO2/c1-11(2)7-14(10-17)16-9-12-3-4-15-13(8-12)5-6-18-15/h3-4,8,11,14,16-17H,5-7,9-10H2,1-2H3. The third-order valence-corrected chi connectivity index (χ3v) is 3.33. The highest BCUT2D eigenvalue weighted by Crippen LogP contribution is 2.25. The first-order valence-corrected chi connectivity index (χ1v) is 6.78. The van der Waals surface area contributed by atoms with Gasteiger partial charge in [-0.25, -0.2) is 0 Å². The Kier molecular flexibility index (Phi) is 4.61. The maximum absolute atomic E-state index is 9.33. The molecule has 1 heterocycles. The first-order valence-electron chi connectivity index (χ1n) is 6.78. The van der Waals surface area contributed by atoms with E-state index in [0.717, 1.165) is 31.7 Å². The van der Waals surface area contributed by atoms with Crippen molar-refractivity contribution in [3.05, 3.63) is 29.3 Å². The van der Waals surface area contributed by atoms with Gasteiger partial charge in [0.2, 0.25) is 0 Å². The van der Waals surface area contributed by atoms with Crippen LogP contribution in [0.2, 0.25) is 0 Å². The first-order chi connectivity index (χ1) is 8.69. The lowest BCUT2D eigenvalue weighted by molar-refractivity contribution is 0.223. The van der Waals surface area contributed by atoms with E-state index in [4.69, 9.17) is 4.74 Å². The van der Waals surface area contributed by atoms with Crippen LogP contribution < -0.4 is 10.1 Å². The SMILES string of the molecule is CC(C)CC(CO)NCc1ccc2c(c1)CCO2. The van der Waals surface area contributed by atoms with Gasteiger partial charge in [0.15, 0.2) is 0 Å². The molecule has 0 aromatic heterocycles. The van der Waals surface area contributed by atoms with Crippen molar-refractivity contribution in [2.24, 2.45) is 5.92 Å². The maximum atomic E-state index is 9.33. The van der Waals surface area contributed by atoms with E-state index in [1.54, 1.807) is 0 Å². The van der Waals surface area contributed by atoms with Crippen molar-refractivity contribution in [1.82, 2.24) is 5.32 Å². The topological polar surface area (TPSA) is 41.5 Å². The zero-order valence-corrected chi connectivity index (χ0v) is 11.3. The normalized spacial score (nSPS) is 15.6. The molecule has 0 bridgehead atoms. The minimum atomic E-state index is 0.189. The van der Waals surface area contributed by atoms with Crippen molar-refractivity contribution in [2.45, 2.75) is 39.3 Å². The molecule has 1 atom stereocenters. The number of fused-ring (bicyclic) bond motifs is 1. The fourth-order valence-corrected chi connectivity index (χ4v) is 2.40. The van der Waals surface area contributed by atoms with E-state index in [0.29, 0.717) is 5.92 Å². The van der Waals surface area contributed by atoms with Crippen LogP contribution in [0, 0.1) is 5.92 Å². The molecule has 3 heteroatoms. The second kappa shape index (κ2) is 6.21. The van der Waals surface area contributed by atoms with Crippen LogP contribution in [0.15, 0.2) is 18.2 Å². The summed E-state index contributed by atoms with van der Waals surface area (Å²) in [5, 5.41) is 12.7. The Hall–Kier alpha value is -1.06. The Labute approximate surface area is 109 Å². The summed E-state index contributed by atoms with van der Waals surface area (Å²) in [6, 6.07) is 6.55. The number of hydrogen-bond donors (Lipinski definition) is 2. The smallest absolute Gasteiger partial charge is 0.122 e. The molecule has 0 aliphatic carbocycles. The lowest BCUT2D eigenvalue weighted by Crippen LogP contribution is -2.33. The van der Waals surface area contributed by atoms with Crippen molar-refractivity contribution in [3.8, 4) is 5.75 Å². The van der Waals surface area contributed by atoms with Gasteiger partial charge in [-0.15, -0.1) is 0 Å². The number of ether oxygens (including phenoxy) is 1. The van der Waals surface area contributed by atoms with Gasteiger partial charge in [-0.2, -0.15) is 0 Å². The average molecular weight is 249 g/mol. The summed E-state index contributed by atoms with van der Waals surface area (Å²) in [7, 11) is 0. The summed E-state index contributed by atoms with van der Waals surface area (Å²) in [6.07, 6.45) is 2.02. The van der Waals surface area contributed by atoms with Gasteiger partial charge in [0, 0.05) is 19.0 Å². The average Bonchev–Trinajstić information content (AvgIpc) is 2.81. The lowest BCUT2D eigenvalue weighted by atomic mass is 10.0. The summed E-state index contributed by atoms with van der Waals surface area (Å²) in [5.41, 5.74) is 2.57. The van der Waals surface area contributed by atoms with Crippen molar-refractivity contribution in [1.29, 1.82) is 0 Å². The molecule has 0 amide bonds. The number of hydrogen-bond acceptors (Lipinski definition) is 3. The van der Waals surface area contributed by atoms with Gasteiger partial charge < -0.3 is 15.2 Å². The molecular weight excluding hydrogens is 226 g/mol. The van der Waals surface area contributed by atoms with Gasteiger partial charge in [0.1, 0.15) is 5.75 Å². The summed E-state index contributed by atoms with van der Waals surface area (Å²) >= 11 is 0. The van der Waals surface area contributed by atoms with Gasteiger partial charge in [-0.3, -0.25) is 0 Å². The van der Waals surface area contributed by atoms with Gasteiger partial charge in [0.25, 0.3) is 0 Å². The largest absolute Gasteiger partial charge is 0.493 e.